The van der Waals surface area contributed by atoms with Crippen LogP contribution in [0, 0.1) is 6.92 Å². The number of hydrogen-bond acceptors (Lipinski definition) is 6. The molecule has 158 valence electrons. The average Bonchev–Trinajstić information content (AvgIpc) is 3.01. The van der Waals surface area contributed by atoms with Gasteiger partial charge >= 0.3 is 12.1 Å². The van der Waals surface area contributed by atoms with E-state index in [4.69, 9.17) is 10.7 Å². The molecule has 3 aromatic rings. The lowest BCUT2D eigenvalue weighted by Crippen LogP contribution is -2.23. The molecule has 1 aromatic heterocycles. The maximum atomic E-state index is 12.6. The van der Waals surface area contributed by atoms with Crippen molar-refractivity contribution >= 4 is 11.3 Å². The fourth-order valence-electron chi connectivity index (χ4n) is 2.98. The fourth-order valence-corrected chi connectivity index (χ4v) is 2.98. The van der Waals surface area contributed by atoms with Crippen LogP contribution < -0.4 is 16.3 Å². The minimum Gasteiger partial charge on any atom is -0.410 e. The van der Waals surface area contributed by atoms with Gasteiger partial charge in [-0.25, -0.2) is 4.79 Å². The molecule has 0 saturated carbocycles. The summed E-state index contributed by atoms with van der Waals surface area (Å²) < 4.78 is 43.8. The van der Waals surface area contributed by atoms with Crippen molar-refractivity contribution in [2.24, 2.45) is 12.9 Å². The zero-order chi connectivity index (χ0) is 22.1. The van der Waals surface area contributed by atoms with Crippen LogP contribution in [0.15, 0.2) is 47.3 Å². The summed E-state index contributed by atoms with van der Waals surface area (Å²) in [6.45, 7) is 3.40. The highest BCUT2D eigenvalue weighted by Gasteiger charge is 2.31. The number of aromatic nitrogens is 4. The summed E-state index contributed by atoms with van der Waals surface area (Å²) in [7, 11) is 1.45. The molecule has 8 nitrogen and oxygen atoms in total. The van der Waals surface area contributed by atoms with Gasteiger partial charge in [0.1, 0.15) is 5.75 Å². The first kappa shape index (κ1) is 21.1. The average molecular weight is 421 g/mol. The van der Waals surface area contributed by atoms with Crippen LogP contribution in [0.5, 0.6) is 5.75 Å². The Morgan fingerprint density at radius 1 is 1.13 bits per heavy atom. The van der Waals surface area contributed by atoms with Crippen molar-refractivity contribution in [3.8, 4) is 11.4 Å². The number of nitrogens with zero attached hydrogens (tertiary/aromatic N) is 4. The van der Waals surface area contributed by atoms with Crippen LogP contribution in [0.1, 0.15) is 23.6 Å². The van der Waals surface area contributed by atoms with E-state index < -0.39 is 12.1 Å². The van der Waals surface area contributed by atoms with Crippen molar-refractivity contribution in [1.82, 2.24) is 19.8 Å². The Labute approximate surface area is 168 Å². The van der Waals surface area contributed by atoms with Gasteiger partial charge in [-0.05, 0) is 53.6 Å². The highest BCUT2D eigenvalue weighted by Crippen LogP contribution is 2.33. The number of aryl methyl sites for hydroxylation is 2. The van der Waals surface area contributed by atoms with E-state index in [9.17, 15) is 18.0 Å². The molecular weight excluding hydrogens is 403 g/mol. The lowest BCUT2D eigenvalue weighted by molar-refractivity contribution is -0.274. The van der Waals surface area contributed by atoms with Gasteiger partial charge < -0.3 is 9.57 Å². The first-order chi connectivity index (χ1) is 14.1. The van der Waals surface area contributed by atoms with Gasteiger partial charge in [-0.1, -0.05) is 24.3 Å². The summed E-state index contributed by atoms with van der Waals surface area (Å²) in [6.07, 6.45) is -4.82. The SMILES string of the molecule is C/C(=C(\ON)c1c(C)cccc1-n1nnn(C)c1=O)c1cccc(OC(F)(F)F)c1. The van der Waals surface area contributed by atoms with E-state index in [1.54, 1.807) is 38.1 Å². The third kappa shape index (κ3) is 4.20. The summed E-state index contributed by atoms with van der Waals surface area (Å²) in [5.41, 5.74) is 1.83. The van der Waals surface area contributed by atoms with Crippen LogP contribution in [0.25, 0.3) is 17.0 Å². The molecule has 0 fully saturated rings. The smallest absolute Gasteiger partial charge is 0.410 e. The minimum atomic E-state index is -4.82. The standard InChI is InChI=1S/C19H18F3N5O3/c1-11-6-4-9-15(27-18(28)26(3)24-25-27)16(11)17(30-23)12(2)13-7-5-8-14(10-13)29-19(20,21)22/h4-10H,23H2,1-3H3/b17-12+. The number of allylic oxidation sites excluding steroid dienone is 1. The summed E-state index contributed by atoms with van der Waals surface area (Å²) >= 11 is 0. The zero-order valence-electron chi connectivity index (χ0n) is 16.3. The molecule has 0 amide bonds. The highest BCUT2D eigenvalue weighted by atomic mass is 19.4. The number of ether oxygens (including phenoxy) is 1. The van der Waals surface area contributed by atoms with Crippen molar-refractivity contribution in [2.45, 2.75) is 20.2 Å². The maximum Gasteiger partial charge on any atom is 0.573 e. The minimum absolute atomic E-state index is 0.157. The lowest BCUT2D eigenvalue weighted by Gasteiger charge is -2.17. The van der Waals surface area contributed by atoms with Crippen molar-refractivity contribution < 1.29 is 22.7 Å². The molecule has 30 heavy (non-hydrogen) atoms. The molecule has 1 heterocycles. The van der Waals surface area contributed by atoms with Gasteiger partial charge in [0.05, 0.1) is 5.69 Å². The van der Waals surface area contributed by atoms with Gasteiger partial charge in [-0.2, -0.15) is 15.3 Å². The third-order valence-corrected chi connectivity index (χ3v) is 4.39. The van der Waals surface area contributed by atoms with Crippen molar-refractivity contribution in [3.05, 3.63) is 69.6 Å². The van der Waals surface area contributed by atoms with Crippen LogP contribution in [-0.4, -0.2) is 26.2 Å². The number of tetrazole rings is 1. The van der Waals surface area contributed by atoms with E-state index in [1.165, 1.54) is 25.2 Å². The van der Waals surface area contributed by atoms with Gasteiger partial charge in [-0.15, -0.1) is 13.2 Å². The second kappa shape index (κ2) is 8.03. The molecule has 0 bridgehead atoms. The van der Waals surface area contributed by atoms with Crippen molar-refractivity contribution in [1.29, 1.82) is 0 Å². The lowest BCUT2D eigenvalue weighted by atomic mass is 9.98. The van der Waals surface area contributed by atoms with Crippen LogP contribution >= 0.6 is 0 Å². The first-order valence-electron chi connectivity index (χ1n) is 8.65. The van der Waals surface area contributed by atoms with Crippen LogP contribution in [-0.2, 0) is 11.9 Å². The number of nitrogens with two attached hydrogens (primary N) is 1. The maximum absolute atomic E-state index is 12.6. The number of alkyl halides is 3. The Bertz CT molecular complexity index is 1160. The Kier molecular flexibility index (Phi) is 5.65. The topological polar surface area (TPSA) is 97.2 Å². The molecule has 2 aromatic carbocycles. The molecule has 11 heteroatoms. The van der Waals surface area contributed by atoms with E-state index in [0.29, 0.717) is 28.0 Å². The number of rotatable bonds is 5. The molecule has 0 radical (unpaired) electrons. The largest absolute Gasteiger partial charge is 0.573 e. The van der Waals surface area contributed by atoms with Crippen LogP contribution in [0.3, 0.4) is 0 Å². The van der Waals surface area contributed by atoms with Gasteiger partial charge in [0.25, 0.3) is 0 Å². The molecule has 0 atom stereocenters. The van der Waals surface area contributed by atoms with E-state index in [0.717, 1.165) is 9.36 Å². The number of halogens is 3. The first-order valence-corrected chi connectivity index (χ1v) is 8.65. The molecule has 3 rings (SSSR count). The predicted molar refractivity (Wildman–Crippen MR) is 102 cm³/mol. The van der Waals surface area contributed by atoms with E-state index in [1.807, 2.05) is 0 Å². The van der Waals surface area contributed by atoms with Gasteiger partial charge in [0, 0.05) is 18.2 Å². The van der Waals surface area contributed by atoms with E-state index >= 15 is 0 Å². The summed E-state index contributed by atoms with van der Waals surface area (Å²) in [5.74, 6) is 5.32. The van der Waals surface area contributed by atoms with Crippen LogP contribution in [0.4, 0.5) is 13.2 Å². The van der Waals surface area contributed by atoms with Gasteiger partial charge in [0.2, 0.25) is 0 Å². The second-order valence-electron chi connectivity index (χ2n) is 6.41. The van der Waals surface area contributed by atoms with Gasteiger partial charge in [0.15, 0.2) is 5.76 Å². The van der Waals surface area contributed by atoms with Crippen molar-refractivity contribution in [2.75, 3.05) is 0 Å². The molecule has 2 N–H and O–H groups in total. The number of benzene rings is 2. The Morgan fingerprint density at radius 2 is 1.83 bits per heavy atom. The zero-order valence-corrected chi connectivity index (χ0v) is 16.3. The predicted octanol–water partition coefficient (Wildman–Crippen LogP) is 2.95. The quantitative estimate of drug-likeness (QED) is 0.387. The van der Waals surface area contributed by atoms with Crippen LogP contribution in [0.2, 0.25) is 0 Å². The van der Waals surface area contributed by atoms with Crippen molar-refractivity contribution in [3.63, 3.8) is 0 Å². The third-order valence-electron chi connectivity index (χ3n) is 4.39. The summed E-state index contributed by atoms with van der Waals surface area (Å²) in [6, 6.07) is 10.5. The molecule has 0 aliphatic heterocycles. The fraction of sp³-hybridized carbons (Fsp3) is 0.211. The van der Waals surface area contributed by atoms with E-state index in [2.05, 4.69) is 15.2 Å². The number of hydrogen-bond donors (Lipinski definition) is 1. The highest BCUT2D eigenvalue weighted by molar-refractivity contribution is 5.90. The molecule has 0 unspecified atom stereocenters. The summed E-state index contributed by atoms with van der Waals surface area (Å²) in [5, 5.41) is 7.55. The van der Waals surface area contributed by atoms with Gasteiger partial charge in [-0.3, -0.25) is 0 Å². The molecule has 0 aliphatic carbocycles. The molecular formula is C19H18F3N5O3. The van der Waals surface area contributed by atoms with E-state index in [-0.39, 0.29) is 11.5 Å². The summed E-state index contributed by atoms with van der Waals surface area (Å²) in [4.78, 5) is 17.5. The molecule has 0 saturated heterocycles. The normalized spacial score (nSPS) is 12.5. The second-order valence-corrected chi connectivity index (χ2v) is 6.41. The molecule has 0 aliphatic rings. The monoisotopic (exact) mass is 421 g/mol. The Hall–Kier alpha value is -3.60. The Morgan fingerprint density at radius 3 is 2.43 bits per heavy atom. The Balaban J connectivity index is 2.19. The molecule has 0 spiro atoms.